The summed E-state index contributed by atoms with van der Waals surface area (Å²) in [5, 5.41) is 11.0. The Morgan fingerprint density at radius 2 is 2.03 bits per heavy atom. The van der Waals surface area contributed by atoms with Gasteiger partial charge >= 0.3 is 11.7 Å². The average Bonchev–Trinajstić information content (AvgIpc) is 3.14. The van der Waals surface area contributed by atoms with Gasteiger partial charge in [-0.05, 0) is 36.8 Å². The minimum Gasteiger partial charge on any atom is -0.486 e. The summed E-state index contributed by atoms with van der Waals surface area (Å²) in [5.41, 5.74) is -1.33. The summed E-state index contributed by atoms with van der Waals surface area (Å²) in [6, 6.07) is 10.7. The molecule has 2 aromatic carbocycles. The molecule has 0 saturated heterocycles. The fraction of sp³-hybridized carbons (Fsp3) is 0.0952. The van der Waals surface area contributed by atoms with Crippen LogP contribution in [0.4, 0.5) is 4.39 Å². The third kappa shape index (κ3) is 3.85. The van der Waals surface area contributed by atoms with Gasteiger partial charge in [-0.2, -0.15) is 0 Å². The quantitative estimate of drug-likeness (QED) is 0.460. The number of carboxylic acid groups (broad SMARTS) is 1. The van der Waals surface area contributed by atoms with Crippen LogP contribution in [0.5, 0.6) is 5.75 Å². The first-order valence-corrected chi connectivity index (χ1v) is 10.2. The molecule has 10 heteroatoms. The first kappa shape index (κ1) is 20.8. The lowest BCUT2D eigenvalue weighted by Crippen LogP contribution is -2.34. The number of ether oxygens (including phenoxy) is 1. The van der Waals surface area contributed by atoms with E-state index in [1.165, 1.54) is 17.5 Å². The molecular weight excluding hydrogens is 447 g/mol. The van der Waals surface area contributed by atoms with Gasteiger partial charge in [-0.3, -0.25) is 4.79 Å². The molecule has 0 amide bonds. The van der Waals surface area contributed by atoms with Crippen LogP contribution in [0.15, 0.2) is 57.4 Å². The van der Waals surface area contributed by atoms with Crippen molar-refractivity contribution in [1.82, 2.24) is 9.55 Å². The van der Waals surface area contributed by atoms with Crippen LogP contribution in [-0.4, -0.2) is 20.6 Å². The van der Waals surface area contributed by atoms with Gasteiger partial charge in [0, 0.05) is 16.5 Å². The second kappa shape index (κ2) is 8.01. The molecule has 2 N–H and O–H groups in total. The number of thiophene rings is 1. The van der Waals surface area contributed by atoms with Crippen LogP contribution in [0.1, 0.15) is 28.3 Å². The zero-order valence-electron chi connectivity index (χ0n) is 15.9. The number of nitrogens with zero attached hydrogens (tertiary/aromatic N) is 1. The largest absolute Gasteiger partial charge is 0.486 e. The number of aromatic nitrogens is 2. The predicted molar refractivity (Wildman–Crippen MR) is 115 cm³/mol. The van der Waals surface area contributed by atoms with Gasteiger partial charge in [0.1, 0.15) is 22.5 Å². The van der Waals surface area contributed by atoms with Crippen molar-refractivity contribution in [2.24, 2.45) is 0 Å². The van der Waals surface area contributed by atoms with E-state index in [0.29, 0.717) is 9.59 Å². The van der Waals surface area contributed by atoms with Crippen LogP contribution in [-0.2, 0) is 0 Å². The van der Waals surface area contributed by atoms with Crippen LogP contribution in [0.2, 0.25) is 5.02 Å². The summed E-state index contributed by atoms with van der Waals surface area (Å²) >= 11 is 6.80. The number of H-pyrrole nitrogens is 1. The lowest BCUT2D eigenvalue weighted by molar-refractivity contribution is 0.0704. The third-order valence-corrected chi connectivity index (χ3v) is 5.84. The zero-order chi connectivity index (χ0) is 22.3. The molecule has 7 nitrogen and oxygen atoms in total. The summed E-state index contributed by atoms with van der Waals surface area (Å²) in [4.78, 5) is 39.1. The molecule has 1 unspecified atom stereocenters. The topological polar surface area (TPSA) is 101 Å². The summed E-state index contributed by atoms with van der Waals surface area (Å²) in [5.74, 6) is -1.95. The van der Waals surface area contributed by atoms with Gasteiger partial charge in [0.05, 0.1) is 16.6 Å². The number of benzene rings is 2. The number of rotatable bonds is 5. The Morgan fingerprint density at radius 3 is 2.74 bits per heavy atom. The van der Waals surface area contributed by atoms with E-state index in [4.69, 9.17) is 16.3 Å². The number of hydrogen-bond acceptors (Lipinski definition) is 5. The number of fused-ring (bicyclic) bond motifs is 1. The maximum atomic E-state index is 14.6. The Morgan fingerprint density at radius 1 is 1.26 bits per heavy atom. The van der Waals surface area contributed by atoms with Crippen molar-refractivity contribution in [3.8, 4) is 11.4 Å². The number of aromatic carboxylic acids is 1. The monoisotopic (exact) mass is 460 g/mol. The molecule has 31 heavy (non-hydrogen) atoms. The molecule has 1 atom stereocenters. The van der Waals surface area contributed by atoms with Gasteiger partial charge in [0.2, 0.25) is 0 Å². The Bertz CT molecular complexity index is 1440. The molecule has 0 saturated carbocycles. The lowest BCUT2D eigenvalue weighted by atomic mass is 10.1. The number of carbonyl (C=O) groups is 1. The molecule has 0 bridgehead atoms. The zero-order valence-corrected chi connectivity index (χ0v) is 17.5. The van der Waals surface area contributed by atoms with E-state index in [1.807, 2.05) is 6.07 Å². The summed E-state index contributed by atoms with van der Waals surface area (Å²) < 4.78 is 21.0. The highest BCUT2D eigenvalue weighted by Gasteiger charge is 2.21. The molecular formula is C21H14ClFN2O5S. The van der Waals surface area contributed by atoms with Gasteiger partial charge in [-0.25, -0.2) is 18.5 Å². The van der Waals surface area contributed by atoms with E-state index in [9.17, 15) is 23.9 Å². The predicted octanol–water partition coefficient (Wildman–Crippen LogP) is 4.37. The van der Waals surface area contributed by atoms with Gasteiger partial charge < -0.3 is 14.8 Å². The van der Waals surface area contributed by atoms with Crippen LogP contribution < -0.4 is 16.0 Å². The summed E-state index contributed by atoms with van der Waals surface area (Å²) in [7, 11) is 0. The fourth-order valence-electron chi connectivity index (χ4n) is 3.18. The molecule has 2 aromatic heterocycles. The van der Waals surface area contributed by atoms with Crippen molar-refractivity contribution in [3.05, 3.63) is 90.0 Å². The van der Waals surface area contributed by atoms with Gasteiger partial charge in [-0.1, -0.05) is 23.7 Å². The van der Waals surface area contributed by atoms with Gasteiger partial charge in [0.15, 0.2) is 0 Å². The van der Waals surface area contributed by atoms with Crippen molar-refractivity contribution in [2.45, 2.75) is 13.0 Å². The Kier molecular flexibility index (Phi) is 5.38. The number of halogens is 2. The smallest absolute Gasteiger partial charge is 0.346 e. The molecule has 4 aromatic rings. The normalized spacial score (nSPS) is 12.1. The SMILES string of the molecule is CC(Oc1ccc(F)c(-n2c(=O)[nH]c3csc(C(=O)O)c3c2=O)c1)c1cccc(Cl)c1. The van der Waals surface area contributed by atoms with Crippen molar-refractivity contribution in [3.63, 3.8) is 0 Å². The van der Waals surface area contributed by atoms with Crippen molar-refractivity contribution in [2.75, 3.05) is 0 Å². The highest BCUT2D eigenvalue weighted by atomic mass is 35.5. The molecule has 0 radical (unpaired) electrons. The highest BCUT2D eigenvalue weighted by Crippen LogP contribution is 2.27. The van der Waals surface area contributed by atoms with E-state index in [0.717, 1.165) is 23.0 Å². The molecule has 0 aliphatic rings. The van der Waals surface area contributed by atoms with Crippen LogP contribution >= 0.6 is 22.9 Å². The minimum absolute atomic E-state index is 0.0797. The molecule has 0 spiro atoms. The summed E-state index contributed by atoms with van der Waals surface area (Å²) in [6.45, 7) is 1.77. The Hall–Kier alpha value is -3.43. The van der Waals surface area contributed by atoms with E-state index in [1.54, 1.807) is 25.1 Å². The number of aromatic amines is 1. The van der Waals surface area contributed by atoms with Crippen molar-refractivity contribution < 1.29 is 19.0 Å². The van der Waals surface area contributed by atoms with Crippen LogP contribution in [0.25, 0.3) is 16.6 Å². The van der Waals surface area contributed by atoms with E-state index >= 15 is 0 Å². The molecule has 0 fully saturated rings. The second-order valence-electron chi connectivity index (χ2n) is 6.66. The molecule has 2 heterocycles. The molecule has 158 valence electrons. The maximum Gasteiger partial charge on any atom is 0.346 e. The number of nitrogens with one attached hydrogen (secondary N) is 1. The van der Waals surface area contributed by atoms with E-state index in [2.05, 4.69) is 4.98 Å². The molecule has 0 aliphatic carbocycles. The second-order valence-corrected chi connectivity index (χ2v) is 7.97. The van der Waals surface area contributed by atoms with Crippen molar-refractivity contribution in [1.29, 1.82) is 0 Å². The number of hydrogen-bond donors (Lipinski definition) is 2. The Balaban J connectivity index is 1.81. The molecule has 4 rings (SSSR count). The van der Waals surface area contributed by atoms with Gasteiger partial charge in [0.25, 0.3) is 5.56 Å². The van der Waals surface area contributed by atoms with E-state index in [-0.39, 0.29) is 27.2 Å². The average molecular weight is 461 g/mol. The minimum atomic E-state index is -1.32. The number of carboxylic acids is 1. The van der Waals surface area contributed by atoms with E-state index < -0.39 is 29.1 Å². The fourth-order valence-corrected chi connectivity index (χ4v) is 4.21. The highest BCUT2D eigenvalue weighted by molar-refractivity contribution is 7.13. The first-order chi connectivity index (χ1) is 14.8. The third-order valence-electron chi connectivity index (χ3n) is 4.64. The first-order valence-electron chi connectivity index (χ1n) is 8.98. The standard InChI is InChI=1S/C21H14ClFN2O5S/c1-10(11-3-2-4-12(22)7-11)30-13-5-6-14(23)16(8-13)25-19(26)17-15(24-21(25)29)9-31-18(17)20(27)28/h2-10H,1H3,(H,24,29)(H,27,28). The summed E-state index contributed by atoms with van der Waals surface area (Å²) in [6.07, 6.45) is -0.454. The Labute approximate surface area is 182 Å². The van der Waals surface area contributed by atoms with Crippen molar-refractivity contribution >= 4 is 39.8 Å². The molecule has 0 aliphatic heterocycles. The van der Waals surface area contributed by atoms with Crippen LogP contribution in [0.3, 0.4) is 0 Å². The maximum absolute atomic E-state index is 14.6. The lowest BCUT2D eigenvalue weighted by Gasteiger charge is -2.16. The van der Waals surface area contributed by atoms with Crippen LogP contribution in [0, 0.1) is 5.82 Å². The van der Waals surface area contributed by atoms with Gasteiger partial charge in [-0.15, -0.1) is 11.3 Å².